The SMILES string of the molecule is O=C(NCc1nccs1)c1cn[nH]c1-c1ccccc1. The first kappa shape index (κ1) is 12.6. The molecule has 0 saturated carbocycles. The summed E-state index contributed by atoms with van der Waals surface area (Å²) in [5, 5.41) is 12.4. The summed E-state index contributed by atoms with van der Waals surface area (Å²) in [7, 11) is 0. The summed E-state index contributed by atoms with van der Waals surface area (Å²) in [5.74, 6) is -0.159. The predicted octanol–water partition coefficient (Wildman–Crippen LogP) is 2.46. The highest BCUT2D eigenvalue weighted by Crippen LogP contribution is 2.20. The van der Waals surface area contributed by atoms with Crippen molar-refractivity contribution in [3.63, 3.8) is 0 Å². The van der Waals surface area contributed by atoms with E-state index < -0.39 is 0 Å². The van der Waals surface area contributed by atoms with Gasteiger partial charge in [-0.15, -0.1) is 11.3 Å². The largest absolute Gasteiger partial charge is 0.345 e. The summed E-state index contributed by atoms with van der Waals surface area (Å²) in [6.07, 6.45) is 3.26. The Morgan fingerprint density at radius 3 is 2.90 bits per heavy atom. The highest BCUT2D eigenvalue weighted by atomic mass is 32.1. The van der Waals surface area contributed by atoms with Crippen molar-refractivity contribution in [2.24, 2.45) is 0 Å². The first-order valence-corrected chi connectivity index (χ1v) is 6.98. The second-order valence-corrected chi connectivity index (χ2v) is 5.11. The summed E-state index contributed by atoms with van der Waals surface area (Å²) < 4.78 is 0. The van der Waals surface area contributed by atoms with Gasteiger partial charge in [-0.3, -0.25) is 9.89 Å². The molecule has 2 N–H and O–H groups in total. The number of aromatic amines is 1. The summed E-state index contributed by atoms with van der Waals surface area (Å²) >= 11 is 1.51. The van der Waals surface area contributed by atoms with Gasteiger partial charge in [0.2, 0.25) is 0 Å². The van der Waals surface area contributed by atoms with Crippen LogP contribution in [0.1, 0.15) is 15.4 Å². The van der Waals surface area contributed by atoms with E-state index >= 15 is 0 Å². The van der Waals surface area contributed by atoms with Crippen molar-refractivity contribution in [2.75, 3.05) is 0 Å². The van der Waals surface area contributed by atoms with Crippen LogP contribution in [0.3, 0.4) is 0 Å². The number of H-pyrrole nitrogens is 1. The number of nitrogens with zero attached hydrogens (tertiary/aromatic N) is 2. The number of hydrogen-bond acceptors (Lipinski definition) is 4. The molecule has 0 unspecified atom stereocenters. The molecule has 3 rings (SSSR count). The number of carbonyl (C=O) groups is 1. The first-order chi connectivity index (χ1) is 9.84. The van der Waals surface area contributed by atoms with Crippen molar-refractivity contribution in [1.29, 1.82) is 0 Å². The van der Waals surface area contributed by atoms with Crippen LogP contribution in [-0.4, -0.2) is 21.1 Å². The smallest absolute Gasteiger partial charge is 0.255 e. The van der Waals surface area contributed by atoms with Crippen molar-refractivity contribution in [3.05, 3.63) is 58.7 Å². The molecule has 20 heavy (non-hydrogen) atoms. The summed E-state index contributed by atoms with van der Waals surface area (Å²) in [5.41, 5.74) is 2.19. The molecule has 5 nitrogen and oxygen atoms in total. The van der Waals surface area contributed by atoms with Gasteiger partial charge in [-0.1, -0.05) is 30.3 Å². The Bertz CT molecular complexity index is 691. The van der Waals surface area contributed by atoms with Crippen LogP contribution in [0.5, 0.6) is 0 Å². The molecule has 0 spiro atoms. The lowest BCUT2D eigenvalue weighted by Gasteiger charge is -2.04. The number of aromatic nitrogens is 3. The molecule has 3 aromatic rings. The Labute approximate surface area is 119 Å². The minimum Gasteiger partial charge on any atom is -0.345 e. The number of thiazole rings is 1. The van der Waals surface area contributed by atoms with E-state index in [1.807, 2.05) is 35.7 Å². The third-order valence-electron chi connectivity index (χ3n) is 2.83. The second-order valence-electron chi connectivity index (χ2n) is 4.13. The zero-order valence-corrected chi connectivity index (χ0v) is 11.4. The van der Waals surface area contributed by atoms with Crippen LogP contribution in [0.4, 0.5) is 0 Å². The van der Waals surface area contributed by atoms with Gasteiger partial charge < -0.3 is 5.32 Å². The molecule has 2 heterocycles. The molecule has 0 atom stereocenters. The summed E-state index contributed by atoms with van der Waals surface area (Å²) in [6.45, 7) is 0.426. The Morgan fingerprint density at radius 2 is 2.15 bits per heavy atom. The Balaban J connectivity index is 1.77. The van der Waals surface area contributed by atoms with E-state index in [-0.39, 0.29) is 5.91 Å². The summed E-state index contributed by atoms with van der Waals surface area (Å²) in [6, 6.07) is 9.65. The second kappa shape index (κ2) is 5.66. The molecule has 0 aliphatic carbocycles. The normalized spacial score (nSPS) is 10.4. The molecule has 1 amide bonds. The molecular formula is C14H12N4OS. The van der Waals surface area contributed by atoms with Gasteiger partial charge >= 0.3 is 0 Å². The van der Waals surface area contributed by atoms with Crippen LogP contribution in [0.2, 0.25) is 0 Å². The highest BCUT2D eigenvalue weighted by Gasteiger charge is 2.14. The molecule has 100 valence electrons. The Hall–Kier alpha value is -2.47. The van der Waals surface area contributed by atoms with Gasteiger partial charge in [-0.05, 0) is 0 Å². The zero-order chi connectivity index (χ0) is 13.8. The van der Waals surface area contributed by atoms with E-state index in [2.05, 4.69) is 20.5 Å². The lowest BCUT2D eigenvalue weighted by Crippen LogP contribution is -2.22. The van der Waals surface area contributed by atoms with E-state index in [0.29, 0.717) is 12.1 Å². The van der Waals surface area contributed by atoms with E-state index in [1.54, 1.807) is 12.4 Å². The van der Waals surface area contributed by atoms with Crippen LogP contribution in [0.25, 0.3) is 11.3 Å². The van der Waals surface area contributed by atoms with E-state index in [1.165, 1.54) is 11.3 Å². The molecule has 0 aliphatic heterocycles. The Kier molecular flexibility index (Phi) is 3.56. The average Bonchev–Trinajstić information content (AvgIpc) is 3.17. The molecule has 0 fully saturated rings. The fourth-order valence-electron chi connectivity index (χ4n) is 1.87. The standard InChI is InChI=1S/C14H12N4OS/c19-14(16-9-12-15-6-7-20-12)11-8-17-18-13(11)10-4-2-1-3-5-10/h1-8H,9H2,(H,16,19)(H,17,18). The number of hydrogen-bond donors (Lipinski definition) is 2. The van der Waals surface area contributed by atoms with E-state index in [0.717, 1.165) is 16.3 Å². The maximum absolute atomic E-state index is 12.2. The number of carbonyl (C=O) groups excluding carboxylic acids is 1. The van der Waals surface area contributed by atoms with Gasteiger partial charge in [0.15, 0.2) is 0 Å². The summed E-state index contributed by atoms with van der Waals surface area (Å²) in [4.78, 5) is 16.3. The minimum atomic E-state index is -0.159. The fraction of sp³-hybridized carbons (Fsp3) is 0.0714. The molecule has 2 aromatic heterocycles. The topological polar surface area (TPSA) is 70.7 Å². The van der Waals surface area contributed by atoms with Crippen molar-refractivity contribution < 1.29 is 4.79 Å². The molecule has 0 aliphatic rings. The van der Waals surface area contributed by atoms with Crippen molar-refractivity contribution >= 4 is 17.2 Å². The van der Waals surface area contributed by atoms with Gasteiger partial charge in [-0.2, -0.15) is 5.10 Å². The van der Waals surface area contributed by atoms with Crippen molar-refractivity contribution in [3.8, 4) is 11.3 Å². The van der Waals surface area contributed by atoms with Crippen LogP contribution in [-0.2, 0) is 6.54 Å². The Morgan fingerprint density at radius 1 is 1.30 bits per heavy atom. The maximum atomic E-state index is 12.2. The third-order valence-corrected chi connectivity index (χ3v) is 3.61. The van der Waals surface area contributed by atoms with Crippen molar-refractivity contribution in [1.82, 2.24) is 20.5 Å². The number of benzene rings is 1. The maximum Gasteiger partial charge on any atom is 0.255 e. The third kappa shape index (κ3) is 2.60. The average molecular weight is 284 g/mol. The molecule has 0 saturated heterocycles. The highest BCUT2D eigenvalue weighted by molar-refractivity contribution is 7.09. The van der Waals surface area contributed by atoms with Gasteiger partial charge in [-0.25, -0.2) is 4.98 Å². The number of rotatable bonds is 4. The van der Waals surface area contributed by atoms with Crippen molar-refractivity contribution in [2.45, 2.75) is 6.54 Å². The van der Waals surface area contributed by atoms with Gasteiger partial charge in [0, 0.05) is 17.1 Å². The number of amides is 1. The van der Waals surface area contributed by atoms with E-state index in [9.17, 15) is 4.79 Å². The van der Waals surface area contributed by atoms with Gasteiger partial charge in [0.25, 0.3) is 5.91 Å². The van der Waals surface area contributed by atoms with Crippen LogP contribution < -0.4 is 5.32 Å². The van der Waals surface area contributed by atoms with E-state index in [4.69, 9.17) is 0 Å². The number of nitrogens with one attached hydrogen (secondary N) is 2. The first-order valence-electron chi connectivity index (χ1n) is 6.10. The lowest BCUT2D eigenvalue weighted by molar-refractivity contribution is 0.0951. The lowest BCUT2D eigenvalue weighted by atomic mass is 10.1. The van der Waals surface area contributed by atoms with Gasteiger partial charge in [0.1, 0.15) is 5.01 Å². The monoisotopic (exact) mass is 284 g/mol. The van der Waals surface area contributed by atoms with Crippen LogP contribution in [0.15, 0.2) is 48.1 Å². The van der Waals surface area contributed by atoms with Crippen LogP contribution >= 0.6 is 11.3 Å². The molecule has 0 bridgehead atoms. The molecule has 6 heteroatoms. The quantitative estimate of drug-likeness (QED) is 0.773. The molecular weight excluding hydrogens is 272 g/mol. The predicted molar refractivity (Wildman–Crippen MR) is 77.3 cm³/mol. The van der Waals surface area contributed by atoms with Crippen LogP contribution in [0, 0.1) is 0 Å². The fourth-order valence-corrected chi connectivity index (χ4v) is 2.43. The molecule has 0 radical (unpaired) electrons. The van der Waals surface area contributed by atoms with Gasteiger partial charge in [0.05, 0.1) is 24.0 Å². The minimum absolute atomic E-state index is 0.159. The zero-order valence-electron chi connectivity index (χ0n) is 10.5. The molecule has 1 aromatic carbocycles.